The molecule has 3 N–H and O–H groups in total. The minimum Gasteiger partial charge on any atom is -0.435 e. The fraction of sp³-hybridized carbons (Fsp3) is 0.0435. The summed E-state index contributed by atoms with van der Waals surface area (Å²) in [6.45, 7) is -3.10. The number of ether oxygens (including phenoxy) is 1. The highest BCUT2D eigenvalue weighted by molar-refractivity contribution is 7.92. The van der Waals surface area contributed by atoms with E-state index in [0.717, 1.165) is 11.6 Å². The molecule has 0 radical (unpaired) electrons. The zero-order chi connectivity index (χ0) is 26.2. The second kappa shape index (κ2) is 9.59. The first-order valence-corrected chi connectivity index (χ1v) is 12.4. The molecule has 14 heteroatoms. The Morgan fingerprint density at radius 3 is 2.59 bits per heavy atom. The Kier molecular flexibility index (Phi) is 6.31. The maximum atomic E-state index is 12.9. The van der Waals surface area contributed by atoms with E-state index in [9.17, 15) is 17.2 Å². The molecule has 0 saturated carbocycles. The van der Waals surface area contributed by atoms with Gasteiger partial charge in [-0.15, -0.1) is 0 Å². The Labute approximate surface area is 213 Å². The number of pyridine rings is 2. The van der Waals surface area contributed by atoms with E-state index in [1.807, 2.05) is 0 Å². The molecule has 0 amide bonds. The van der Waals surface area contributed by atoms with E-state index in [4.69, 9.17) is 17.3 Å². The van der Waals surface area contributed by atoms with Crippen molar-refractivity contribution in [3.8, 4) is 28.3 Å². The molecule has 5 aromatic rings. The lowest BCUT2D eigenvalue weighted by atomic mass is 10.2. The summed E-state index contributed by atoms with van der Waals surface area (Å²) in [5.41, 5.74) is 8.77. The van der Waals surface area contributed by atoms with Gasteiger partial charge in [-0.3, -0.25) is 9.71 Å². The lowest BCUT2D eigenvalue weighted by molar-refractivity contribution is -0.0499. The Hall–Kier alpha value is -4.36. The number of hydrogen-bond donors (Lipinski definition) is 2. The summed E-state index contributed by atoms with van der Waals surface area (Å²) in [4.78, 5) is 12.1. The molecule has 0 spiro atoms. The normalized spacial score (nSPS) is 11.7. The average molecular weight is 544 g/mol. The van der Waals surface area contributed by atoms with Gasteiger partial charge in [0, 0.05) is 35.8 Å². The van der Waals surface area contributed by atoms with Crippen LogP contribution in [-0.2, 0) is 10.0 Å². The van der Waals surface area contributed by atoms with Crippen molar-refractivity contribution in [2.75, 3.05) is 10.5 Å². The summed E-state index contributed by atoms with van der Waals surface area (Å²) < 4.78 is 59.1. The van der Waals surface area contributed by atoms with Gasteiger partial charge in [-0.05, 0) is 42.5 Å². The number of nitrogen functional groups attached to an aromatic ring is 1. The predicted molar refractivity (Wildman–Crippen MR) is 133 cm³/mol. The number of sulfonamides is 1. The van der Waals surface area contributed by atoms with Crippen molar-refractivity contribution < 1.29 is 21.9 Å². The zero-order valence-corrected chi connectivity index (χ0v) is 20.2. The monoisotopic (exact) mass is 543 g/mol. The third-order valence-electron chi connectivity index (χ3n) is 5.18. The van der Waals surface area contributed by atoms with Gasteiger partial charge in [0.2, 0.25) is 0 Å². The maximum Gasteiger partial charge on any atom is 0.387 e. The van der Waals surface area contributed by atoms with Crippen LogP contribution >= 0.6 is 11.6 Å². The van der Waals surface area contributed by atoms with E-state index in [1.54, 1.807) is 41.2 Å². The van der Waals surface area contributed by atoms with Crippen molar-refractivity contribution in [1.29, 1.82) is 0 Å². The zero-order valence-electron chi connectivity index (χ0n) is 18.6. The summed E-state index contributed by atoms with van der Waals surface area (Å²) in [7, 11) is -4.22. The van der Waals surface area contributed by atoms with E-state index in [0.29, 0.717) is 22.6 Å². The molecule has 0 bridgehead atoms. The number of nitrogens with zero attached hydrogens (tertiary/aromatic N) is 5. The van der Waals surface area contributed by atoms with Gasteiger partial charge >= 0.3 is 6.61 Å². The second-order valence-electron chi connectivity index (χ2n) is 7.59. The summed E-state index contributed by atoms with van der Waals surface area (Å²) in [6.07, 6.45) is 4.67. The van der Waals surface area contributed by atoms with Gasteiger partial charge in [-0.25, -0.2) is 22.9 Å². The van der Waals surface area contributed by atoms with Crippen molar-refractivity contribution in [1.82, 2.24) is 24.6 Å². The first-order chi connectivity index (χ1) is 17.7. The molecule has 37 heavy (non-hydrogen) atoms. The molecule has 5 rings (SSSR count). The molecule has 0 saturated heterocycles. The van der Waals surface area contributed by atoms with Gasteiger partial charge in [0.25, 0.3) is 10.0 Å². The molecule has 1 aromatic carbocycles. The number of hydrogen-bond acceptors (Lipinski definition) is 8. The van der Waals surface area contributed by atoms with E-state index >= 15 is 0 Å². The molecular weight excluding hydrogens is 528 g/mol. The molecule has 4 heterocycles. The molecule has 0 aliphatic carbocycles. The highest BCUT2D eigenvalue weighted by atomic mass is 35.5. The summed E-state index contributed by atoms with van der Waals surface area (Å²) in [5.74, 6) is -0.0328. The number of fused-ring (bicyclic) bond motifs is 1. The van der Waals surface area contributed by atoms with Crippen molar-refractivity contribution in [3.63, 3.8) is 0 Å². The number of nitrogens with two attached hydrogens (primary N) is 1. The van der Waals surface area contributed by atoms with Crippen molar-refractivity contribution >= 4 is 38.8 Å². The van der Waals surface area contributed by atoms with Crippen LogP contribution in [0.15, 0.2) is 78.1 Å². The Balaban J connectivity index is 1.51. The largest absolute Gasteiger partial charge is 0.435 e. The topological polar surface area (TPSA) is 137 Å². The number of anilines is 2. The fourth-order valence-corrected chi connectivity index (χ4v) is 4.86. The van der Waals surface area contributed by atoms with E-state index in [2.05, 4.69) is 29.5 Å². The van der Waals surface area contributed by atoms with Crippen molar-refractivity contribution in [2.24, 2.45) is 0 Å². The summed E-state index contributed by atoms with van der Waals surface area (Å²) in [6, 6.07) is 13.1. The Morgan fingerprint density at radius 2 is 1.84 bits per heavy atom. The third kappa shape index (κ3) is 4.99. The second-order valence-corrected chi connectivity index (χ2v) is 9.63. The summed E-state index contributed by atoms with van der Waals surface area (Å²) >= 11 is 6.16. The molecule has 188 valence electrons. The van der Waals surface area contributed by atoms with Gasteiger partial charge in [-0.1, -0.05) is 17.7 Å². The predicted octanol–water partition coefficient (Wildman–Crippen LogP) is 4.49. The first-order valence-electron chi connectivity index (χ1n) is 10.5. The molecule has 0 atom stereocenters. The molecule has 0 aliphatic rings. The lowest BCUT2D eigenvalue weighted by Gasteiger charge is -2.12. The van der Waals surface area contributed by atoms with Crippen LogP contribution < -0.4 is 15.2 Å². The third-order valence-corrected chi connectivity index (χ3v) is 6.84. The van der Waals surface area contributed by atoms with Crippen LogP contribution in [0.2, 0.25) is 5.15 Å². The SMILES string of the molecule is Nc1nc2ccc(-c3cnc(Cl)c(NS(=O)(=O)c4cccc(OC(F)F)c4)c3)nn2c1-c1ccncc1. The standard InChI is InChI=1S/C23H16ClF2N7O3S/c24-21-18(32-37(34,35)16-3-1-2-15(11-16)36-23(25)26)10-14(12-29-21)17-4-5-19-30-22(27)20(33(19)31-17)13-6-8-28-9-7-13/h1-12,23,32H,27H2. The van der Waals surface area contributed by atoms with Crippen LogP contribution in [0.5, 0.6) is 5.75 Å². The number of nitrogens with one attached hydrogen (secondary N) is 1. The molecular formula is C23H16ClF2N7O3S. The van der Waals surface area contributed by atoms with Crippen LogP contribution in [0.3, 0.4) is 0 Å². The van der Waals surface area contributed by atoms with Crippen LogP contribution in [0.25, 0.3) is 28.2 Å². The Morgan fingerprint density at radius 1 is 1.05 bits per heavy atom. The number of imidazole rings is 1. The van der Waals surface area contributed by atoms with Gasteiger partial charge < -0.3 is 10.5 Å². The molecule has 0 fully saturated rings. The molecule has 4 aromatic heterocycles. The van der Waals surface area contributed by atoms with Crippen molar-refractivity contribution in [2.45, 2.75) is 11.5 Å². The number of alkyl halides is 2. The molecule has 0 aliphatic heterocycles. The fourth-order valence-electron chi connectivity index (χ4n) is 3.57. The maximum absolute atomic E-state index is 12.9. The van der Waals surface area contributed by atoms with Gasteiger partial charge in [0.05, 0.1) is 16.3 Å². The van der Waals surface area contributed by atoms with Gasteiger partial charge in [0.15, 0.2) is 16.6 Å². The van der Waals surface area contributed by atoms with Crippen LogP contribution in [-0.4, -0.2) is 39.6 Å². The van der Waals surface area contributed by atoms with Crippen molar-refractivity contribution in [3.05, 3.63) is 78.3 Å². The quantitative estimate of drug-likeness (QED) is 0.286. The number of aromatic nitrogens is 5. The van der Waals surface area contributed by atoms with Crippen LogP contribution in [0.4, 0.5) is 20.3 Å². The highest BCUT2D eigenvalue weighted by Crippen LogP contribution is 2.31. The average Bonchev–Trinajstić information content (AvgIpc) is 3.20. The van der Waals surface area contributed by atoms with E-state index in [-0.39, 0.29) is 27.3 Å². The number of benzene rings is 1. The van der Waals surface area contributed by atoms with E-state index < -0.39 is 16.6 Å². The Bertz CT molecular complexity index is 1720. The van der Waals surface area contributed by atoms with Gasteiger partial charge in [0.1, 0.15) is 11.4 Å². The molecule has 0 unspecified atom stereocenters. The van der Waals surface area contributed by atoms with Crippen LogP contribution in [0, 0.1) is 0 Å². The van der Waals surface area contributed by atoms with Gasteiger partial charge in [-0.2, -0.15) is 13.9 Å². The minimum absolute atomic E-state index is 0.0410. The first kappa shape index (κ1) is 24.3. The molecule has 10 nitrogen and oxygen atoms in total. The van der Waals surface area contributed by atoms with E-state index in [1.165, 1.54) is 30.5 Å². The minimum atomic E-state index is -4.22. The number of rotatable bonds is 7. The summed E-state index contributed by atoms with van der Waals surface area (Å²) in [5, 5.41) is 4.49. The van der Waals surface area contributed by atoms with Crippen LogP contribution in [0.1, 0.15) is 0 Å². The smallest absolute Gasteiger partial charge is 0.387 e. The highest BCUT2D eigenvalue weighted by Gasteiger charge is 2.20. The lowest BCUT2D eigenvalue weighted by Crippen LogP contribution is -2.14. The number of halogens is 3.